The van der Waals surface area contributed by atoms with Crippen molar-refractivity contribution < 1.29 is 23.2 Å². The van der Waals surface area contributed by atoms with Crippen molar-refractivity contribution in [3.8, 4) is 22.8 Å². The number of urea groups is 1. The first-order valence-electron chi connectivity index (χ1n) is 11.9. The maximum absolute atomic E-state index is 15.0. The molecule has 0 aliphatic carbocycles. The van der Waals surface area contributed by atoms with Crippen LogP contribution in [-0.4, -0.2) is 38.7 Å². The molecule has 2 aromatic carbocycles. The molecule has 10 nitrogen and oxygen atoms in total. The summed E-state index contributed by atoms with van der Waals surface area (Å²) in [6.07, 6.45) is -1.01. The van der Waals surface area contributed by atoms with Crippen molar-refractivity contribution in [1.29, 1.82) is 0 Å². The molecule has 0 spiro atoms. The number of carbonyl (C=O) groups excluding carboxylic acids is 2. The molecule has 2 aromatic heterocycles. The van der Waals surface area contributed by atoms with Gasteiger partial charge in [-0.2, -0.15) is 10.1 Å². The van der Waals surface area contributed by atoms with E-state index < -0.39 is 18.1 Å². The quantitative estimate of drug-likeness (QED) is 0.254. The Bertz CT molecular complexity index is 1440. The van der Waals surface area contributed by atoms with E-state index in [0.717, 1.165) is 16.8 Å². The number of aryl methyl sites for hydroxylation is 2. The second-order valence-corrected chi connectivity index (χ2v) is 9.92. The van der Waals surface area contributed by atoms with Crippen molar-refractivity contribution in [1.82, 2.24) is 25.2 Å². The summed E-state index contributed by atoms with van der Waals surface area (Å²) in [5.41, 5.74) is 3.06. The predicted octanol–water partition coefficient (Wildman–Crippen LogP) is 4.75. The number of rotatable bonds is 8. The number of amides is 2. The Morgan fingerprint density at radius 2 is 1.92 bits per heavy atom. The summed E-state index contributed by atoms with van der Waals surface area (Å²) in [5.74, 6) is 0.269. The Balaban J connectivity index is 1.43. The summed E-state index contributed by atoms with van der Waals surface area (Å²) >= 11 is 0. The minimum absolute atomic E-state index is 0.0306. The fourth-order valence-corrected chi connectivity index (χ4v) is 3.68. The minimum Gasteiger partial charge on any atom is -0.443 e. The van der Waals surface area contributed by atoms with Gasteiger partial charge in [-0.05, 0) is 36.8 Å². The van der Waals surface area contributed by atoms with Crippen LogP contribution in [-0.2, 0) is 28.4 Å². The molecule has 4 rings (SSSR count). The average molecular weight is 521 g/mol. The number of nitrogens with one attached hydrogen (secondary N) is 2. The molecule has 2 amide bonds. The van der Waals surface area contributed by atoms with Crippen LogP contribution >= 0.6 is 0 Å². The van der Waals surface area contributed by atoms with E-state index in [1.165, 1.54) is 12.1 Å². The van der Waals surface area contributed by atoms with Gasteiger partial charge in [0, 0.05) is 30.5 Å². The molecule has 4 aromatic rings. The number of halogens is 1. The number of aromatic nitrogens is 4. The third-order valence-electron chi connectivity index (χ3n) is 5.82. The van der Waals surface area contributed by atoms with Crippen LogP contribution < -0.4 is 10.6 Å². The predicted molar refractivity (Wildman–Crippen MR) is 139 cm³/mol. The number of anilines is 1. The first-order valence-corrected chi connectivity index (χ1v) is 11.9. The lowest BCUT2D eigenvalue weighted by atomic mass is 9.92. The van der Waals surface area contributed by atoms with Gasteiger partial charge >= 0.3 is 6.03 Å². The van der Waals surface area contributed by atoms with Crippen molar-refractivity contribution in [2.75, 3.05) is 5.32 Å². The second-order valence-electron chi connectivity index (χ2n) is 9.92. The number of carbonyl (C=O) groups is 2. The SMILES string of the molecule is Cc1ccc(-c2nc(-c3ccc(CC(NC(=O)Nc4cc(C(C)(C)C)nn4C)OC=O)cc3F)no2)cc1. The Kier molecular flexibility index (Phi) is 7.56. The molecule has 198 valence electrons. The van der Waals surface area contributed by atoms with Gasteiger partial charge in [0.25, 0.3) is 12.4 Å². The first-order chi connectivity index (χ1) is 18.0. The summed E-state index contributed by atoms with van der Waals surface area (Å²) in [4.78, 5) is 27.9. The van der Waals surface area contributed by atoms with E-state index in [-0.39, 0.29) is 35.6 Å². The summed E-state index contributed by atoms with van der Waals surface area (Å²) in [6, 6.07) is 13.1. The van der Waals surface area contributed by atoms with Crippen LogP contribution in [0.4, 0.5) is 15.0 Å². The second kappa shape index (κ2) is 10.8. The van der Waals surface area contributed by atoms with Crippen molar-refractivity contribution in [3.05, 3.63) is 71.2 Å². The van der Waals surface area contributed by atoms with Crippen LogP contribution in [0.3, 0.4) is 0 Å². The van der Waals surface area contributed by atoms with E-state index in [1.54, 1.807) is 23.9 Å². The summed E-state index contributed by atoms with van der Waals surface area (Å²) in [7, 11) is 1.71. The molecular formula is C27H29FN6O4. The van der Waals surface area contributed by atoms with Crippen LogP contribution in [0.1, 0.15) is 37.6 Å². The highest BCUT2D eigenvalue weighted by Crippen LogP contribution is 2.26. The van der Waals surface area contributed by atoms with Gasteiger partial charge in [0.05, 0.1) is 11.3 Å². The van der Waals surface area contributed by atoms with Crippen molar-refractivity contribution in [2.24, 2.45) is 7.05 Å². The van der Waals surface area contributed by atoms with E-state index in [1.807, 2.05) is 52.0 Å². The molecule has 0 fully saturated rings. The number of hydrogen-bond donors (Lipinski definition) is 2. The molecular weight excluding hydrogens is 491 g/mol. The zero-order valence-electron chi connectivity index (χ0n) is 21.8. The maximum Gasteiger partial charge on any atom is 0.323 e. The molecule has 0 aliphatic heterocycles. The number of ether oxygens (including phenoxy) is 1. The van der Waals surface area contributed by atoms with Gasteiger partial charge in [-0.25, -0.2) is 9.18 Å². The molecule has 2 N–H and O–H groups in total. The Labute approximate surface area is 219 Å². The normalized spacial score (nSPS) is 12.2. The molecule has 0 aliphatic rings. The zero-order chi connectivity index (χ0) is 27.4. The van der Waals surface area contributed by atoms with Crippen molar-refractivity contribution in [3.63, 3.8) is 0 Å². The van der Waals surface area contributed by atoms with Gasteiger partial charge < -0.3 is 14.6 Å². The van der Waals surface area contributed by atoms with Crippen LogP contribution in [0.25, 0.3) is 22.8 Å². The molecule has 2 heterocycles. The monoisotopic (exact) mass is 520 g/mol. The van der Waals surface area contributed by atoms with Gasteiger partial charge in [-0.1, -0.05) is 49.7 Å². The summed E-state index contributed by atoms with van der Waals surface area (Å²) < 4.78 is 26.9. The van der Waals surface area contributed by atoms with Crippen LogP contribution in [0.2, 0.25) is 0 Å². The lowest BCUT2D eigenvalue weighted by molar-refractivity contribution is -0.134. The molecule has 38 heavy (non-hydrogen) atoms. The number of hydrogen-bond acceptors (Lipinski definition) is 7. The maximum atomic E-state index is 15.0. The average Bonchev–Trinajstić information content (AvgIpc) is 3.47. The number of nitrogens with zero attached hydrogens (tertiary/aromatic N) is 4. The highest BCUT2D eigenvalue weighted by molar-refractivity contribution is 5.88. The van der Waals surface area contributed by atoms with Gasteiger partial charge in [0.15, 0.2) is 6.23 Å². The summed E-state index contributed by atoms with van der Waals surface area (Å²) in [5, 5.41) is 13.6. The van der Waals surface area contributed by atoms with Crippen LogP contribution in [0, 0.1) is 12.7 Å². The van der Waals surface area contributed by atoms with E-state index in [9.17, 15) is 14.0 Å². The minimum atomic E-state index is -1.04. The smallest absolute Gasteiger partial charge is 0.323 e. The van der Waals surface area contributed by atoms with Crippen molar-refractivity contribution >= 4 is 18.3 Å². The summed E-state index contributed by atoms with van der Waals surface area (Å²) in [6.45, 7) is 8.23. The van der Waals surface area contributed by atoms with Gasteiger partial charge in [0.2, 0.25) is 5.82 Å². The third-order valence-corrected chi connectivity index (χ3v) is 5.82. The van der Waals surface area contributed by atoms with Crippen molar-refractivity contribution in [2.45, 2.75) is 45.8 Å². The highest BCUT2D eigenvalue weighted by atomic mass is 19.1. The fraction of sp³-hybridized carbons (Fsp3) is 0.296. The fourth-order valence-electron chi connectivity index (χ4n) is 3.68. The lowest BCUT2D eigenvalue weighted by Gasteiger charge is -2.17. The molecule has 0 bridgehead atoms. The van der Waals surface area contributed by atoms with Crippen LogP contribution in [0.5, 0.6) is 0 Å². The number of benzene rings is 2. The van der Waals surface area contributed by atoms with E-state index >= 15 is 0 Å². The van der Waals surface area contributed by atoms with E-state index in [2.05, 4.69) is 25.9 Å². The van der Waals surface area contributed by atoms with Gasteiger partial charge in [0.1, 0.15) is 11.6 Å². The molecule has 11 heteroatoms. The molecule has 1 unspecified atom stereocenters. The molecule has 0 radical (unpaired) electrons. The Hall–Kier alpha value is -4.54. The topological polar surface area (TPSA) is 124 Å². The largest absolute Gasteiger partial charge is 0.443 e. The van der Waals surface area contributed by atoms with Gasteiger partial charge in [-0.3, -0.25) is 14.8 Å². The molecule has 1 atom stereocenters. The lowest BCUT2D eigenvalue weighted by Crippen LogP contribution is -2.41. The Morgan fingerprint density at radius 1 is 1.18 bits per heavy atom. The Morgan fingerprint density at radius 3 is 2.55 bits per heavy atom. The highest BCUT2D eigenvalue weighted by Gasteiger charge is 2.21. The van der Waals surface area contributed by atoms with Gasteiger partial charge in [-0.15, -0.1) is 0 Å². The van der Waals surface area contributed by atoms with E-state index in [4.69, 9.17) is 9.26 Å². The third kappa shape index (κ3) is 6.23. The zero-order valence-corrected chi connectivity index (χ0v) is 21.8. The first kappa shape index (κ1) is 26.5. The van der Waals surface area contributed by atoms with E-state index in [0.29, 0.717) is 11.4 Å². The molecule has 0 saturated heterocycles. The standard InChI is InChI=1S/C27H29FN6O4/c1-16-6-9-18(10-7-16)25-31-24(33-38-25)19-11-8-17(12-20(19)28)13-23(37-15-35)30-26(36)29-22-14-21(27(2,3)4)32-34(22)5/h6-12,14-15,23H,13H2,1-5H3,(H2,29,30,36). The molecule has 0 saturated carbocycles. The van der Waals surface area contributed by atoms with Crippen LogP contribution in [0.15, 0.2) is 53.1 Å².